The molecule has 5 nitrogen and oxygen atoms in total. The number of rotatable bonds is 5. The molecule has 1 N–H and O–H groups in total. The van der Waals surface area contributed by atoms with Crippen LogP contribution in [-0.4, -0.2) is 27.3 Å². The molecule has 0 spiro atoms. The first-order valence-corrected chi connectivity index (χ1v) is 4.80. The zero-order chi connectivity index (χ0) is 9.10. The fraction of sp³-hybridized carbons (Fsp3) is 0.875. The first-order chi connectivity index (χ1) is 6.40. The van der Waals surface area contributed by atoms with E-state index < -0.39 is 0 Å². The Hall–Kier alpha value is -0.970. The zero-order valence-electron chi connectivity index (χ0n) is 7.90. The van der Waals surface area contributed by atoms with E-state index in [1.807, 2.05) is 11.7 Å². The van der Waals surface area contributed by atoms with Crippen molar-refractivity contribution in [2.45, 2.75) is 32.4 Å². The lowest BCUT2D eigenvalue weighted by Crippen LogP contribution is -2.13. The molecule has 1 saturated carbocycles. The molecule has 0 bridgehead atoms. The fourth-order valence-corrected chi connectivity index (χ4v) is 1.39. The van der Waals surface area contributed by atoms with Crippen molar-refractivity contribution in [1.29, 1.82) is 0 Å². The summed E-state index contributed by atoms with van der Waals surface area (Å²) in [4.78, 5) is 0. The van der Waals surface area contributed by atoms with Crippen LogP contribution in [0.15, 0.2) is 0 Å². The van der Waals surface area contributed by atoms with Gasteiger partial charge in [-0.05, 0) is 29.8 Å². The van der Waals surface area contributed by atoms with Crippen LogP contribution in [0.3, 0.4) is 0 Å². The summed E-state index contributed by atoms with van der Waals surface area (Å²) >= 11 is 0. The Bertz CT molecular complexity index is 265. The maximum absolute atomic E-state index is 3.95. The Morgan fingerprint density at radius 2 is 2.38 bits per heavy atom. The molecular weight excluding hydrogens is 166 g/mol. The maximum atomic E-state index is 3.95. The quantitative estimate of drug-likeness (QED) is 0.704. The van der Waals surface area contributed by atoms with Gasteiger partial charge in [0.1, 0.15) is 0 Å². The van der Waals surface area contributed by atoms with E-state index in [2.05, 4.69) is 20.8 Å². The van der Waals surface area contributed by atoms with E-state index >= 15 is 0 Å². The highest BCUT2D eigenvalue weighted by molar-refractivity contribution is 4.80. The average Bonchev–Trinajstić information content (AvgIpc) is 2.86. The summed E-state index contributed by atoms with van der Waals surface area (Å²) in [6.45, 7) is 1.71. The minimum Gasteiger partial charge on any atom is -0.313 e. The SMILES string of the molecule is CNCc1nnnn1CCC1CC1. The molecule has 0 amide bonds. The Balaban J connectivity index is 1.88. The lowest BCUT2D eigenvalue weighted by Gasteiger charge is -2.02. The maximum Gasteiger partial charge on any atom is 0.165 e. The molecule has 1 aliphatic rings. The number of hydrogen-bond donors (Lipinski definition) is 1. The van der Waals surface area contributed by atoms with E-state index in [0.29, 0.717) is 0 Å². The molecule has 1 aromatic rings. The monoisotopic (exact) mass is 181 g/mol. The third-order valence-corrected chi connectivity index (χ3v) is 2.39. The normalized spacial score (nSPS) is 16.4. The predicted octanol–water partition coefficient (Wildman–Crippen LogP) is 0.193. The number of aromatic nitrogens is 4. The first-order valence-electron chi connectivity index (χ1n) is 4.80. The van der Waals surface area contributed by atoms with Gasteiger partial charge in [0.05, 0.1) is 6.54 Å². The number of nitrogens with zero attached hydrogens (tertiary/aromatic N) is 4. The Morgan fingerprint density at radius 3 is 3.08 bits per heavy atom. The van der Waals surface area contributed by atoms with Gasteiger partial charge in [-0.15, -0.1) is 5.10 Å². The molecule has 1 aromatic heterocycles. The van der Waals surface area contributed by atoms with Crippen LogP contribution in [0.25, 0.3) is 0 Å². The van der Waals surface area contributed by atoms with Crippen molar-refractivity contribution in [2.24, 2.45) is 5.92 Å². The lowest BCUT2D eigenvalue weighted by molar-refractivity contribution is 0.507. The third-order valence-electron chi connectivity index (χ3n) is 2.39. The Morgan fingerprint density at radius 1 is 1.54 bits per heavy atom. The fourth-order valence-electron chi connectivity index (χ4n) is 1.39. The van der Waals surface area contributed by atoms with Gasteiger partial charge >= 0.3 is 0 Å². The average molecular weight is 181 g/mol. The van der Waals surface area contributed by atoms with Crippen LogP contribution in [0.5, 0.6) is 0 Å². The van der Waals surface area contributed by atoms with Gasteiger partial charge in [-0.25, -0.2) is 4.68 Å². The summed E-state index contributed by atoms with van der Waals surface area (Å²) < 4.78 is 1.90. The van der Waals surface area contributed by atoms with Crippen LogP contribution >= 0.6 is 0 Å². The second-order valence-electron chi connectivity index (χ2n) is 3.58. The summed E-state index contributed by atoms with van der Waals surface area (Å²) in [5.74, 6) is 1.87. The molecule has 0 aromatic carbocycles. The molecule has 0 atom stereocenters. The minimum absolute atomic E-state index is 0.748. The zero-order valence-corrected chi connectivity index (χ0v) is 7.90. The number of nitrogens with one attached hydrogen (secondary N) is 1. The van der Waals surface area contributed by atoms with Gasteiger partial charge in [0.25, 0.3) is 0 Å². The Labute approximate surface area is 77.5 Å². The van der Waals surface area contributed by atoms with Gasteiger partial charge < -0.3 is 5.32 Å². The molecule has 5 heteroatoms. The van der Waals surface area contributed by atoms with Crippen LogP contribution in [-0.2, 0) is 13.1 Å². The summed E-state index contributed by atoms with van der Waals surface area (Å²) in [6, 6.07) is 0. The van der Waals surface area contributed by atoms with Gasteiger partial charge in [-0.1, -0.05) is 12.8 Å². The van der Waals surface area contributed by atoms with Gasteiger partial charge in [0.2, 0.25) is 0 Å². The van der Waals surface area contributed by atoms with Crippen molar-refractivity contribution in [3.63, 3.8) is 0 Å². The summed E-state index contributed by atoms with van der Waals surface area (Å²) in [6.07, 6.45) is 4.01. The van der Waals surface area contributed by atoms with Gasteiger partial charge in [-0.3, -0.25) is 0 Å². The van der Waals surface area contributed by atoms with Gasteiger partial charge in [0, 0.05) is 6.54 Å². The van der Waals surface area contributed by atoms with Crippen LogP contribution in [0.2, 0.25) is 0 Å². The van der Waals surface area contributed by atoms with Crippen molar-refractivity contribution in [3.8, 4) is 0 Å². The second-order valence-corrected chi connectivity index (χ2v) is 3.58. The highest BCUT2D eigenvalue weighted by atomic mass is 15.5. The van der Waals surface area contributed by atoms with E-state index in [1.165, 1.54) is 19.3 Å². The Kier molecular flexibility index (Phi) is 2.54. The van der Waals surface area contributed by atoms with Crippen LogP contribution in [0.4, 0.5) is 0 Å². The highest BCUT2D eigenvalue weighted by Crippen LogP contribution is 2.32. The molecule has 13 heavy (non-hydrogen) atoms. The molecule has 1 aliphatic carbocycles. The van der Waals surface area contributed by atoms with E-state index in [1.54, 1.807) is 0 Å². The molecule has 1 fully saturated rings. The molecule has 0 unspecified atom stereocenters. The standard InChI is InChI=1S/C8H15N5/c1-9-6-8-10-11-12-13(8)5-4-7-2-3-7/h7,9H,2-6H2,1H3. The predicted molar refractivity (Wildman–Crippen MR) is 47.9 cm³/mol. The molecular formula is C8H15N5. The molecule has 72 valence electrons. The minimum atomic E-state index is 0.748. The van der Waals surface area contributed by atoms with Crippen LogP contribution < -0.4 is 5.32 Å². The molecule has 0 saturated heterocycles. The van der Waals surface area contributed by atoms with Crippen LogP contribution in [0.1, 0.15) is 25.1 Å². The summed E-state index contributed by atoms with van der Waals surface area (Å²) in [5, 5.41) is 14.6. The lowest BCUT2D eigenvalue weighted by atomic mass is 10.3. The van der Waals surface area contributed by atoms with Crippen molar-refractivity contribution in [2.75, 3.05) is 7.05 Å². The van der Waals surface area contributed by atoms with E-state index in [9.17, 15) is 0 Å². The summed E-state index contributed by atoms with van der Waals surface area (Å²) in [7, 11) is 1.90. The van der Waals surface area contributed by atoms with E-state index in [-0.39, 0.29) is 0 Å². The van der Waals surface area contributed by atoms with E-state index in [0.717, 1.165) is 24.8 Å². The van der Waals surface area contributed by atoms with Gasteiger partial charge in [-0.2, -0.15) is 0 Å². The largest absolute Gasteiger partial charge is 0.313 e. The topological polar surface area (TPSA) is 55.6 Å². The molecule has 0 radical (unpaired) electrons. The second kappa shape index (κ2) is 3.83. The number of hydrogen-bond acceptors (Lipinski definition) is 4. The van der Waals surface area contributed by atoms with Crippen molar-refractivity contribution < 1.29 is 0 Å². The summed E-state index contributed by atoms with van der Waals surface area (Å²) in [5.41, 5.74) is 0. The van der Waals surface area contributed by atoms with Crippen LogP contribution in [0, 0.1) is 5.92 Å². The molecule has 2 rings (SSSR count). The third kappa shape index (κ3) is 2.24. The van der Waals surface area contributed by atoms with Crippen molar-refractivity contribution in [3.05, 3.63) is 5.82 Å². The molecule has 1 heterocycles. The van der Waals surface area contributed by atoms with E-state index in [4.69, 9.17) is 0 Å². The molecule has 0 aliphatic heterocycles. The number of tetrazole rings is 1. The van der Waals surface area contributed by atoms with Crippen molar-refractivity contribution in [1.82, 2.24) is 25.5 Å². The highest BCUT2D eigenvalue weighted by Gasteiger charge is 2.21. The number of aryl methyl sites for hydroxylation is 1. The van der Waals surface area contributed by atoms with Crippen molar-refractivity contribution >= 4 is 0 Å². The smallest absolute Gasteiger partial charge is 0.165 e. The van der Waals surface area contributed by atoms with Gasteiger partial charge in [0.15, 0.2) is 5.82 Å². The first kappa shape index (κ1) is 8.62.